The molecule has 0 aromatic carbocycles. The number of aromatic nitrogens is 1. The van der Waals surface area contributed by atoms with Crippen LogP contribution < -0.4 is 4.90 Å². The van der Waals surface area contributed by atoms with Crippen LogP contribution >= 0.6 is 15.9 Å². The van der Waals surface area contributed by atoms with E-state index in [9.17, 15) is 14.9 Å². The average molecular weight is 422 g/mol. The van der Waals surface area contributed by atoms with E-state index in [2.05, 4.69) is 31.9 Å². The Kier molecular flexibility index (Phi) is 6.07. The summed E-state index contributed by atoms with van der Waals surface area (Å²) >= 11 is 3.54. The summed E-state index contributed by atoms with van der Waals surface area (Å²) in [5.74, 6) is -1.56. The smallest absolute Gasteiger partial charge is 0.380 e. The van der Waals surface area contributed by atoms with Crippen LogP contribution in [-0.4, -0.2) is 35.9 Å². The summed E-state index contributed by atoms with van der Waals surface area (Å²) in [5.41, 5.74) is 1.83. The topological polar surface area (TPSA) is 83.3 Å². The fraction of sp³-hybridized carbons (Fsp3) is 0.579. The molecule has 2 rings (SSSR count). The van der Waals surface area contributed by atoms with Gasteiger partial charge in [-0.3, -0.25) is 9.78 Å². The molecule has 0 saturated carbocycles. The van der Waals surface area contributed by atoms with Crippen molar-refractivity contribution in [3.8, 4) is 6.07 Å². The first kappa shape index (κ1) is 20.4. The molecule has 1 saturated heterocycles. The Balaban J connectivity index is 2.47. The van der Waals surface area contributed by atoms with Gasteiger partial charge in [0.2, 0.25) is 0 Å². The van der Waals surface area contributed by atoms with Crippen LogP contribution in [-0.2, 0) is 9.53 Å². The molecular formula is C19H24BrN3O3. The molecule has 2 heterocycles. The number of hydrogen-bond donors (Lipinski definition) is 0. The minimum atomic E-state index is -0.874. The van der Waals surface area contributed by atoms with E-state index in [0.29, 0.717) is 41.8 Å². The fourth-order valence-electron chi connectivity index (χ4n) is 3.08. The Hall–Kier alpha value is -1.94. The van der Waals surface area contributed by atoms with Crippen LogP contribution in [0.15, 0.2) is 4.47 Å². The van der Waals surface area contributed by atoms with Crippen molar-refractivity contribution in [2.75, 3.05) is 18.0 Å². The van der Waals surface area contributed by atoms with Gasteiger partial charge in [-0.2, -0.15) is 5.26 Å². The molecule has 1 aliphatic rings. The zero-order valence-electron chi connectivity index (χ0n) is 15.9. The lowest BCUT2D eigenvalue weighted by Gasteiger charge is -2.38. The molecule has 1 aromatic rings. The molecule has 140 valence electrons. The number of carbonyl (C=O) groups excluding carboxylic acids is 2. The number of anilines is 1. The molecule has 1 aliphatic heterocycles. The molecule has 0 amide bonds. The van der Waals surface area contributed by atoms with Crippen LogP contribution in [0.4, 0.5) is 5.69 Å². The quantitative estimate of drug-likeness (QED) is 0.418. The number of piperidine rings is 1. The number of Topliss-reactive ketones (excluding diaryl/α,β-unsaturated/α-hetero) is 1. The predicted molar refractivity (Wildman–Crippen MR) is 102 cm³/mol. The van der Waals surface area contributed by atoms with Crippen molar-refractivity contribution >= 4 is 33.4 Å². The van der Waals surface area contributed by atoms with Gasteiger partial charge in [0.25, 0.3) is 5.78 Å². The van der Waals surface area contributed by atoms with Gasteiger partial charge in [0.1, 0.15) is 0 Å². The number of nitrogens with zero attached hydrogens (tertiary/aromatic N) is 3. The number of rotatable bonds is 4. The highest BCUT2D eigenvalue weighted by Crippen LogP contribution is 2.39. The number of pyridine rings is 1. The summed E-state index contributed by atoms with van der Waals surface area (Å²) in [6.45, 7) is 10.2. The van der Waals surface area contributed by atoms with Crippen LogP contribution in [0.2, 0.25) is 0 Å². The molecule has 0 radical (unpaired) electrons. The van der Waals surface area contributed by atoms with E-state index >= 15 is 0 Å². The largest absolute Gasteiger partial charge is 0.457 e. The Morgan fingerprint density at radius 2 is 1.85 bits per heavy atom. The van der Waals surface area contributed by atoms with Crippen molar-refractivity contribution < 1.29 is 14.3 Å². The van der Waals surface area contributed by atoms with Gasteiger partial charge in [0.05, 0.1) is 44.7 Å². The number of nitriles is 1. The van der Waals surface area contributed by atoms with E-state index in [1.807, 2.05) is 13.8 Å². The zero-order chi connectivity index (χ0) is 19.6. The summed E-state index contributed by atoms with van der Waals surface area (Å²) in [4.78, 5) is 31.5. The summed E-state index contributed by atoms with van der Waals surface area (Å²) in [6.07, 6.45) is 1.02. The monoisotopic (exact) mass is 421 g/mol. The molecule has 26 heavy (non-hydrogen) atoms. The summed E-state index contributed by atoms with van der Waals surface area (Å²) < 4.78 is 5.79. The highest BCUT2D eigenvalue weighted by Gasteiger charge is 2.35. The van der Waals surface area contributed by atoms with Crippen molar-refractivity contribution in [1.82, 2.24) is 4.98 Å². The van der Waals surface area contributed by atoms with Crippen molar-refractivity contribution in [1.29, 1.82) is 5.26 Å². The summed E-state index contributed by atoms with van der Waals surface area (Å²) in [7, 11) is 0. The minimum absolute atomic E-state index is 0.272. The van der Waals surface area contributed by atoms with E-state index in [1.165, 1.54) is 0 Å². The third-order valence-corrected chi connectivity index (χ3v) is 5.62. The first-order valence-corrected chi connectivity index (χ1v) is 9.47. The average Bonchev–Trinajstić information content (AvgIpc) is 2.57. The Bertz CT molecular complexity index is 775. The first-order chi connectivity index (χ1) is 12.1. The Morgan fingerprint density at radius 3 is 2.35 bits per heavy atom. The summed E-state index contributed by atoms with van der Waals surface area (Å²) in [6, 6.07) is 2.38. The van der Waals surface area contributed by atoms with E-state index in [1.54, 1.807) is 20.8 Å². The first-order valence-electron chi connectivity index (χ1n) is 8.68. The van der Waals surface area contributed by atoms with Gasteiger partial charge in [-0.1, -0.05) is 0 Å². The third-order valence-electron chi connectivity index (χ3n) is 4.67. The molecule has 1 fully saturated rings. The Morgan fingerprint density at radius 1 is 1.27 bits per heavy atom. The molecule has 0 aliphatic carbocycles. The second-order valence-corrected chi connectivity index (χ2v) is 8.06. The molecule has 0 spiro atoms. The van der Waals surface area contributed by atoms with E-state index in [-0.39, 0.29) is 17.1 Å². The van der Waals surface area contributed by atoms with Crippen molar-refractivity contribution in [2.45, 2.75) is 53.6 Å². The third kappa shape index (κ3) is 4.07. The second-order valence-electron chi connectivity index (χ2n) is 7.26. The highest BCUT2D eigenvalue weighted by atomic mass is 79.9. The van der Waals surface area contributed by atoms with Crippen LogP contribution in [0.5, 0.6) is 0 Å². The highest BCUT2D eigenvalue weighted by molar-refractivity contribution is 9.10. The zero-order valence-corrected chi connectivity index (χ0v) is 17.4. The second kappa shape index (κ2) is 7.75. The fourth-order valence-corrected chi connectivity index (χ4v) is 3.62. The number of ether oxygens (including phenoxy) is 1. The Labute approximate surface area is 162 Å². The lowest BCUT2D eigenvalue weighted by Crippen LogP contribution is -2.39. The molecule has 1 aromatic heterocycles. The normalized spacial score (nSPS) is 16.3. The molecule has 0 unspecified atom stereocenters. The van der Waals surface area contributed by atoms with E-state index in [0.717, 1.165) is 5.69 Å². The van der Waals surface area contributed by atoms with Gasteiger partial charge in [0.15, 0.2) is 0 Å². The number of halogens is 1. The van der Waals surface area contributed by atoms with Gasteiger partial charge < -0.3 is 9.64 Å². The molecule has 0 atom stereocenters. The van der Waals surface area contributed by atoms with Crippen LogP contribution in [0.25, 0.3) is 0 Å². The maximum absolute atomic E-state index is 12.8. The predicted octanol–water partition coefficient (Wildman–Crippen LogP) is 3.73. The summed E-state index contributed by atoms with van der Waals surface area (Å²) in [5, 5.41) is 9.35. The number of hydrogen-bond acceptors (Lipinski definition) is 6. The van der Waals surface area contributed by atoms with Crippen molar-refractivity contribution in [2.24, 2.45) is 5.41 Å². The van der Waals surface area contributed by atoms with Gasteiger partial charge in [-0.15, -0.1) is 0 Å². The molecular weight excluding hydrogens is 398 g/mol. The molecule has 6 nitrogen and oxygen atoms in total. The minimum Gasteiger partial charge on any atom is -0.457 e. The van der Waals surface area contributed by atoms with Crippen LogP contribution in [0, 0.1) is 30.6 Å². The maximum atomic E-state index is 12.8. The molecule has 0 bridgehead atoms. The van der Waals surface area contributed by atoms with E-state index < -0.39 is 11.8 Å². The van der Waals surface area contributed by atoms with Crippen molar-refractivity contribution in [3.05, 3.63) is 21.4 Å². The van der Waals surface area contributed by atoms with Gasteiger partial charge in [-0.05, 0) is 63.4 Å². The lowest BCUT2D eigenvalue weighted by molar-refractivity contribution is -0.141. The standard InChI is InChI=1S/C19H24BrN3O3/c1-11(2)26-18(25)17(24)14-12(3)22-13(4)15(20)16(14)23-8-6-19(5,10-21)7-9-23/h11H,6-9H2,1-5H3. The van der Waals surface area contributed by atoms with Gasteiger partial charge in [-0.25, -0.2) is 4.79 Å². The van der Waals surface area contributed by atoms with E-state index in [4.69, 9.17) is 4.74 Å². The molecule has 0 N–H and O–H groups in total. The SMILES string of the molecule is Cc1nc(C)c(C(=O)C(=O)OC(C)C)c(N2CCC(C)(C#N)CC2)c1Br. The van der Waals surface area contributed by atoms with Gasteiger partial charge >= 0.3 is 5.97 Å². The lowest BCUT2D eigenvalue weighted by atomic mass is 9.81. The molecule has 7 heteroatoms. The number of aryl methyl sites for hydroxylation is 2. The maximum Gasteiger partial charge on any atom is 0.380 e. The number of esters is 1. The van der Waals surface area contributed by atoms with Crippen LogP contribution in [0.3, 0.4) is 0 Å². The van der Waals surface area contributed by atoms with Gasteiger partial charge in [0, 0.05) is 13.1 Å². The van der Waals surface area contributed by atoms with Crippen LogP contribution in [0.1, 0.15) is 55.4 Å². The van der Waals surface area contributed by atoms with Crippen molar-refractivity contribution in [3.63, 3.8) is 0 Å². The number of ketones is 1. The number of carbonyl (C=O) groups is 2.